The highest BCUT2D eigenvalue weighted by molar-refractivity contribution is 5.98. The van der Waals surface area contributed by atoms with Gasteiger partial charge in [-0.05, 0) is 72.7 Å². The van der Waals surface area contributed by atoms with Crippen LogP contribution in [0.1, 0.15) is 75.6 Å². The maximum Gasteiger partial charge on any atom is 0.327 e. The lowest BCUT2D eigenvalue weighted by Crippen LogP contribution is -2.48. The first-order chi connectivity index (χ1) is 21.8. The maximum absolute atomic E-state index is 12.2. The van der Waals surface area contributed by atoms with Crippen molar-refractivity contribution in [2.24, 2.45) is 22.7 Å². The molecule has 4 heteroatoms. The molecule has 0 amide bonds. The highest BCUT2D eigenvalue weighted by atomic mass is 16.4. The van der Waals surface area contributed by atoms with Gasteiger partial charge in [0.15, 0.2) is 0 Å². The molecule has 2 bridgehead atoms. The SMILES string of the molecule is CC(C)(C)/C=C/C(=O)O.CC(C)(C)C1C2c3ccccc3C(c3ccccc32)C1C(=O)O.c1ccc2cc3ccccc3cc2c1. The molecule has 2 unspecified atom stereocenters. The van der Waals surface area contributed by atoms with Crippen LogP contribution in [-0.4, -0.2) is 22.2 Å². The minimum Gasteiger partial charge on any atom is -0.481 e. The first-order valence-corrected chi connectivity index (χ1v) is 16.0. The lowest BCUT2D eigenvalue weighted by molar-refractivity contribution is -0.147. The Bertz CT molecular complexity index is 1750. The molecule has 5 aromatic rings. The van der Waals surface area contributed by atoms with Crippen LogP contribution in [0.3, 0.4) is 0 Å². The normalized spacial score (nSPS) is 19.8. The summed E-state index contributed by atoms with van der Waals surface area (Å²) in [6.45, 7) is 12.4. The summed E-state index contributed by atoms with van der Waals surface area (Å²) in [5, 5.41) is 23.5. The molecule has 0 saturated carbocycles. The fourth-order valence-electron chi connectivity index (χ4n) is 7.22. The van der Waals surface area contributed by atoms with E-state index in [1.807, 2.05) is 32.9 Å². The van der Waals surface area contributed by atoms with Crippen molar-refractivity contribution in [2.75, 3.05) is 0 Å². The van der Waals surface area contributed by atoms with E-state index in [1.165, 1.54) is 49.9 Å². The summed E-state index contributed by atoms with van der Waals surface area (Å²) in [7, 11) is 0. The molecule has 46 heavy (non-hydrogen) atoms. The van der Waals surface area contributed by atoms with Crippen molar-refractivity contribution in [3.63, 3.8) is 0 Å². The summed E-state index contributed by atoms with van der Waals surface area (Å²) < 4.78 is 0. The number of hydrogen-bond acceptors (Lipinski definition) is 2. The van der Waals surface area contributed by atoms with Crippen LogP contribution in [0.2, 0.25) is 0 Å². The third kappa shape index (κ3) is 6.92. The van der Waals surface area contributed by atoms with E-state index in [4.69, 9.17) is 5.11 Å². The second-order valence-electron chi connectivity index (χ2n) is 14.6. The van der Waals surface area contributed by atoms with Crippen molar-refractivity contribution in [3.8, 4) is 0 Å². The zero-order valence-corrected chi connectivity index (χ0v) is 27.6. The van der Waals surface area contributed by atoms with Crippen molar-refractivity contribution >= 4 is 33.5 Å². The zero-order chi connectivity index (χ0) is 33.2. The zero-order valence-electron chi connectivity index (χ0n) is 27.6. The number of fused-ring (bicyclic) bond motifs is 3. The van der Waals surface area contributed by atoms with Crippen LogP contribution in [-0.2, 0) is 9.59 Å². The van der Waals surface area contributed by atoms with E-state index in [1.54, 1.807) is 6.08 Å². The van der Waals surface area contributed by atoms with Gasteiger partial charge in [0.05, 0.1) is 5.92 Å². The van der Waals surface area contributed by atoms with Gasteiger partial charge in [-0.15, -0.1) is 0 Å². The van der Waals surface area contributed by atoms with Gasteiger partial charge in [-0.3, -0.25) is 4.79 Å². The number of benzene rings is 5. The van der Waals surface area contributed by atoms with Crippen LogP contribution in [0.4, 0.5) is 0 Å². The van der Waals surface area contributed by atoms with Crippen LogP contribution >= 0.6 is 0 Å². The van der Waals surface area contributed by atoms with Crippen molar-refractivity contribution < 1.29 is 19.8 Å². The van der Waals surface area contributed by atoms with Gasteiger partial charge in [0.25, 0.3) is 0 Å². The minimum absolute atomic E-state index is 0.0294. The topological polar surface area (TPSA) is 74.6 Å². The Hall–Kier alpha value is -4.70. The summed E-state index contributed by atoms with van der Waals surface area (Å²) in [5.74, 6) is -1.66. The summed E-state index contributed by atoms with van der Waals surface area (Å²) in [5.41, 5.74) is 4.99. The molecule has 5 aromatic carbocycles. The summed E-state index contributed by atoms with van der Waals surface area (Å²) in [4.78, 5) is 22.2. The number of carbonyl (C=O) groups is 2. The minimum atomic E-state index is -0.884. The monoisotopic (exact) mass is 612 g/mol. The van der Waals surface area contributed by atoms with Gasteiger partial charge in [-0.2, -0.15) is 0 Å². The Morgan fingerprint density at radius 1 is 0.565 bits per heavy atom. The Morgan fingerprint density at radius 3 is 1.20 bits per heavy atom. The molecular weight excluding hydrogens is 568 g/mol. The second-order valence-corrected chi connectivity index (χ2v) is 14.6. The van der Waals surface area contributed by atoms with Crippen molar-refractivity contribution in [1.29, 1.82) is 0 Å². The Kier molecular flexibility index (Phi) is 9.21. The largest absolute Gasteiger partial charge is 0.481 e. The van der Waals surface area contributed by atoms with E-state index in [-0.39, 0.29) is 34.5 Å². The summed E-state index contributed by atoms with van der Waals surface area (Å²) in [6.07, 6.45) is 2.83. The highest BCUT2D eigenvalue weighted by Crippen LogP contribution is 2.62. The predicted octanol–water partition coefficient (Wildman–Crippen LogP) is 10.3. The Balaban J connectivity index is 0.000000154. The molecule has 0 aliphatic heterocycles. The molecule has 0 spiro atoms. The number of rotatable bonds is 2. The highest BCUT2D eigenvalue weighted by Gasteiger charge is 2.55. The first-order valence-electron chi connectivity index (χ1n) is 16.0. The van der Waals surface area contributed by atoms with E-state index in [9.17, 15) is 14.7 Å². The predicted molar refractivity (Wildman–Crippen MR) is 188 cm³/mol. The molecule has 0 saturated heterocycles. The van der Waals surface area contributed by atoms with Crippen molar-refractivity contribution in [2.45, 2.75) is 53.4 Å². The fraction of sp³-hybridized carbons (Fsp3) is 0.286. The molecule has 0 aromatic heterocycles. The van der Waals surface area contributed by atoms with Gasteiger partial charge in [-0.25, -0.2) is 4.79 Å². The molecule has 3 aliphatic rings. The van der Waals surface area contributed by atoms with Crippen LogP contribution in [0, 0.1) is 22.7 Å². The van der Waals surface area contributed by atoms with E-state index >= 15 is 0 Å². The standard InChI is InChI=1S/C21H22O2.C14H10.C7H12O2/c1-21(2,3)19-17-14-10-6-4-8-12(14)16(18(19)20(22)23)13-9-5-7-11-15(13)17;1-2-6-12-10-14-8-4-3-7-13(14)9-11(12)5-1;1-7(2,3)5-4-6(8)9/h4-11,16-19H,1-3H3,(H,22,23);1-10H;4-5H,1-3H3,(H,8,9)/b;;5-4+. The van der Waals surface area contributed by atoms with Crippen LogP contribution in [0.25, 0.3) is 21.5 Å². The third-order valence-corrected chi connectivity index (χ3v) is 9.06. The van der Waals surface area contributed by atoms with E-state index in [0.717, 1.165) is 0 Å². The molecule has 236 valence electrons. The smallest absolute Gasteiger partial charge is 0.327 e. The number of hydrogen-bond donors (Lipinski definition) is 2. The van der Waals surface area contributed by atoms with Crippen molar-refractivity contribution in [3.05, 3.63) is 144 Å². The molecule has 4 nitrogen and oxygen atoms in total. The van der Waals surface area contributed by atoms with Gasteiger partial charge < -0.3 is 10.2 Å². The molecule has 2 N–H and O–H groups in total. The molecule has 0 heterocycles. The quantitative estimate of drug-likeness (QED) is 0.154. The molecule has 0 radical (unpaired) electrons. The van der Waals surface area contributed by atoms with Gasteiger partial charge in [0, 0.05) is 17.9 Å². The van der Waals surface area contributed by atoms with E-state index < -0.39 is 11.9 Å². The Labute approximate surface area is 272 Å². The molecule has 2 atom stereocenters. The lowest BCUT2D eigenvalue weighted by Gasteiger charge is -2.53. The maximum atomic E-state index is 12.2. The van der Waals surface area contributed by atoms with Gasteiger partial charge >= 0.3 is 11.9 Å². The van der Waals surface area contributed by atoms with E-state index in [0.29, 0.717) is 0 Å². The number of carboxylic acids is 2. The van der Waals surface area contributed by atoms with Crippen LogP contribution in [0.5, 0.6) is 0 Å². The molecular formula is C42H44O4. The van der Waals surface area contributed by atoms with E-state index in [2.05, 4.69) is 118 Å². The first kappa shape index (κ1) is 32.7. The molecule has 8 rings (SSSR count). The summed E-state index contributed by atoms with van der Waals surface area (Å²) in [6, 6.07) is 38.3. The van der Waals surface area contributed by atoms with Crippen LogP contribution in [0.15, 0.2) is 121 Å². The van der Waals surface area contributed by atoms with Gasteiger partial charge in [-0.1, -0.05) is 145 Å². The number of carboxylic acid groups (broad SMARTS) is 2. The number of allylic oxidation sites excluding steroid dienone is 1. The molecule has 0 fully saturated rings. The van der Waals surface area contributed by atoms with Crippen molar-refractivity contribution in [1.82, 2.24) is 0 Å². The van der Waals surface area contributed by atoms with Crippen LogP contribution < -0.4 is 0 Å². The average molecular weight is 613 g/mol. The summed E-state index contributed by atoms with van der Waals surface area (Å²) >= 11 is 0. The lowest BCUT2D eigenvalue weighted by atomic mass is 9.49. The molecule has 3 aliphatic carbocycles. The second kappa shape index (κ2) is 13.0. The Morgan fingerprint density at radius 2 is 0.913 bits per heavy atom. The average Bonchev–Trinajstić information content (AvgIpc) is 3.02. The van der Waals surface area contributed by atoms with Gasteiger partial charge in [0.2, 0.25) is 0 Å². The number of aliphatic carboxylic acids is 2. The van der Waals surface area contributed by atoms with Gasteiger partial charge in [0.1, 0.15) is 0 Å². The fourth-order valence-corrected chi connectivity index (χ4v) is 7.22. The third-order valence-electron chi connectivity index (χ3n) is 9.06.